The van der Waals surface area contributed by atoms with Crippen molar-refractivity contribution in [2.45, 2.75) is 33.7 Å². The van der Waals surface area contributed by atoms with Crippen LogP contribution in [-0.4, -0.2) is 26.5 Å². The molecule has 0 saturated carbocycles. The number of fused-ring (bicyclic) bond motifs is 1. The number of hydrogen-bond donors (Lipinski definition) is 1. The molecule has 0 saturated heterocycles. The molecule has 5 heteroatoms. The Bertz CT molecular complexity index is 777. The maximum atomic E-state index is 4.79. The van der Waals surface area contributed by atoms with Crippen LogP contribution in [0.5, 0.6) is 0 Å². The summed E-state index contributed by atoms with van der Waals surface area (Å²) in [7, 11) is 0. The van der Waals surface area contributed by atoms with E-state index in [1.807, 2.05) is 10.9 Å². The van der Waals surface area contributed by atoms with Crippen molar-refractivity contribution < 1.29 is 0 Å². The van der Waals surface area contributed by atoms with Gasteiger partial charge in [-0.2, -0.15) is 0 Å². The highest BCUT2D eigenvalue weighted by Gasteiger charge is 2.06. The zero-order valence-corrected chi connectivity index (χ0v) is 13.3. The van der Waals surface area contributed by atoms with Crippen molar-refractivity contribution in [1.82, 2.24) is 20.0 Å². The number of pyridine rings is 1. The minimum atomic E-state index is 0.859. The van der Waals surface area contributed by atoms with E-state index in [1.165, 1.54) is 22.1 Å². The van der Waals surface area contributed by atoms with E-state index in [0.29, 0.717) is 0 Å². The molecular weight excluding hydrogens is 274 g/mol. The van der Waals surface area contributed by atoms with Gasteiger partial charge >= 0.3 is 0 Å². The molecule has 5 nitrogen and oxygen atoms in total. The van der Waals surface area contributed by atoms with Gasteiger partial charge in [0.25, 0.3) is 0 Å². The van der Waals surface area contributed by atoms with E-state index in [2.05, 4.69) is 54.6 Å². The molecule has 0 atom stereocenters. The van der Waals surface area contributed by atoms with Gasteiger partial charge < -0.3 is 5.32 Å². The van der Waals surface area contributed by atoms with Crippen LogP contribution in [0.3, 0.4) is 0 Å². The molecule has 0 aliphatic carbocycles. The van der Waals surface area contributed by atoms with Crippen LogP contribution in [0.1, 0.15) is 23.1 Å². The minimum absolute atomic E-state index is 0.859. The third-order valence-corrected chi connectivity index (χ3v) is 4.05. The van der Waals surface area contributed by atoms with Crippen LogP contribution >= 0.6 is 0 Å². The smallest absolute Gasteiger partial charge is 0.126 e. The average molecular weight is 295 g/mol. The summed E-state index contributed by atoms with van der Waals surface area (Å²) in [5.74, 6) is 0.942. The lowest BCUT2D eigenvalue weighted by molar-refractivity contribution is 0.569. The van der Waals surface area contributed by atoms with Crippen LogP contribution in [0.25, 0.3) is 10.9 Å². The first-order chi connectivity index (χ1) is 10.6. The summed E-state index contributed by atoms with van der Waals surface area (Å²) in [6, 6.07) is 6.44. The summed E-state index contributed by atoms with van der Waals surface area (Å²) >= 11 is 0. The van der Waals surface area contributed by atoms with E-state index >= 15 is 0 Å². The van der Waals surface area contributed by atoms with Crippen molar-refractivity contribution in [3.8, 4) is 0 Å². The molecule has 3 rings (SSSR count). The minimum Gasteiger partial charge on any atom is -0.370 e. The van der Waals surface area contributed by atoms with Gasteiger partial charge in [0, 0.05) is 24.7 Å². The fourth-order valence-electron chi connectivity index (χ4n) is 2.60. The van der Waals surface area contributed by atoms with E-state index in [9.17, 15) is 0 Å². The zero-order chi connectivity index (χ0) is 15.5. The van der Waals surface area contributed by atoms with Gasteiger partial charge in [-0.05, 0) is 49.9 Å². The Hall–Kier alpha value is -2.43. The second-order valence-electron chi connectivity index (χ2n) is 5.67. The van der Waals surface area contributed by atoms with E-state index in [1.54, 1.807) is 6.20 Å². The van der Waals surface area contributed by atoms with E-state index in [0.717, 1.165) is 30.8 Å². The van der Waals surface area contributed by atoms with Gasteiger partial charge in [0.15, 0.2) is 0 Å². The van der Waals surface area contributed by atoms with Crippen molar-refractivity contribution in [2.75, 3.05) is 11.9 Å². The highest BCUT2D eigenvalue weighted by molar-refractivity contribution is 5.87. The number of aryl methyl sites for hydroxylation is 4. The summed E-state index contributed by atoms with van der Waals surface area (Å²) < 4.78 is 1.84. The predicted molar refractivity (Wildman–Crippen MR) is 89.1 cm³/mol. The summed E-state index contributed by atoms with van der Waals surface area (Å²) in [5.41, 5.74) is 4.89. The molecule has 2 aromatic heterocycles. The molecule has 0 unspecified atom stereocenters. The van der Waals surface area contributed by atoms with Gasteiger partial charge in [-0.25, -0.2) is 4.98 Å². The Morgan fingerprint density at radius 3 is 2.77 bits per heavy atom. The van der Waals surface area contributed by atoms with Crippen molar-refractivity contribution in [2.24, 2.45) is 0 Å². The number of rotatable bonds is 5. The zero-order valence-electron chi connectivity index (χ0n) is 13.3. The molecule has 22 heavy (non-hydrogen) atoms. The maximum Gasteiger partial charge on any atom is 0.126 e. The molecule has 1 aromatic carbocycles. The summed E-state index contributed by atoms with van der Waals surface area (Å²) in [4.78, 5) is 4.79. The Balaban J connectivity index is 1.72. The van der Waals surface area contributed by atoms with Crippen LogP contribution in [0, 0.1) is 20.8 Å². The Morgan fingerprint density at radius 2 is 2.00 bits per heavy atom. The molecular formula is C17H21N5. The van der Waals surface area contributed by atoms with Gasteiger partial charge in [-0.15, -0.1) is 5.10 Å². The van der Waals surface area contributed by atoms with Crippen LogP contribution < -0.4 is 5.32 Å². The van der Waals surface area contributed by atoms with Crippen molar-refractivity contribution in [3.05, 3.63) is 47.3 Å². The average Bonchev–Trinajstić information content (AvgIpc) is 3.01. The fourth-order valence-corrected chi connectivity index (χ4v) is 2.60. The van der Waals surface area contributed by atoms with Crippen LogP contribution in [0.15, 0.2) is 30.6 Å². The number of nitrogens with zero attached hydrogens (tertiary/aromatic N) is 4. The molecule has 1 N–H and O–H groups in total. The highest BCUT2D eigenvalue weighted by atomic mass is 15.4. The quantitative estimate of drug-likeness (QED) is 0.734. The molecule has 114 valence electrons. The van der Waals surface area contributed by atoms with E-state index in [4.69, 9.17) is 4.98 Å². The van der Waals surface area contributed by atoms with Gasteiger partial charge in [-0.3, -0.25) is 4.68 Å². The SMILES string of the molecule is Cc1ccc2c(C)cc(NCCCn3ccnn3)nc2c1C. The van der Waals surface area contributed by atoms with Crippen molar-refractivity contribution in [1.29, 1.82) is 0 Å². The fraction of sp³-hybridized carbons (Fsp3) is 0.353. The lowest BCUT2D eigenvalue weighted by atomic mass is 10.0. The normalized spacial score (nSPS) is 11.0. The van der Waals surface area contributed by atoms with Crippen LogP contribution in [0.2, 0.25) is 0 Å². The molecule has 0 radical (unpaired) electrons. The number of aromatic nitrogens is 4. The molecule has 0 spiro atoms. The number of anilines is 1. The number of hydrogen-bond acceptors (Lipinski definition) is 4. The summed E-state index contributed by atoms with van der Waals surface area (Å²) in [6.07, 6.45) is 4.56. The largest absolute Gasteiger partial charge is 0.370 e. The lowest BCUT2D eigenvalue weighted by Crippen LogP contribution is -2.08. The molecule has 0 bridgehead atoms. The summed E-state index contributed by atoms with van der Waals surface area (Å²) in [5, 5.41) is 12.4. The third kappa shape index (κ3) is 2.93. The van der Waals surface area contributed by atoms with Crippen LogP contribution in [0.4, 0.5) is 5.82 Å². The number of nitrogens with one attached hydrogen (secondary N) is 1. The summed E-state index contributed by atoms with van der Waals surface area (Å²) in [6.45, 7) is 8.13. The second kappa shape index (κ2) is 6.13. The van der Waals surface area contributed by atoms with E-state index in [-0.39, 0.29) is 0 Å². The molecule has 0 aliphatic heterocycles. The molecule has 3 aromatic rings. The number of benzene rings is 1. The maximum absolute atomic E-state index is 4.79. The first kappa shape index (κ1) is 14.5. The predicted octanol–water partition coefficient (Wildman–Crippen LogP) is 3.25. The lowest BCUT2D eigenvalue weighted by Gasteiger charge is -2.12. The molecule has 2 heterocycles. The van der Waals surface area contributed by atoms with Gasteiger partial charge in [0.1, 0.15) is 5.82 Å². The molecule has 0 aliphatic rings. The standard InChI is InChI=1S/C17H21N5/c1-12-5-6-15-13(2)11-16(20-17(15)14(12)3)18-7-4-9-22-10-8-19-21-22/h5-6,8,10-11H,4,7,9H2,1-3H3,(H,18,20). The topological polar surface area (TPSA) is 55.6 Å². The van der Waals surface area contributed by atoms with E-state index < -0.39 is 0 Å². The molecule has 0 amide bonds. The van der Waals surface area contributed by atoms with Gasteiger partial charge in [0.2, 0.25) is 0 Å². The Labute approximate surface area is 130 Å². The molecule has 0 fully saturated rings. The Kier molecular flexibility index (Phi) is 4.04. The first-order valence-electron chi connectivity index (χ1n) is 7.60. The Morgan fingerprint density at radius 1 is 1.14 bits per heavy atom. The van der Waals surface area contributed by atoms with Crippen LogP contribution in [-0.2, 0) is 6.54 Å². The van der Waals surface area contributed by atoms with Gasteiger partial charge in [0.05, 0.1) is 11.7 Å². The monoisotopic (exact) mass is 295 g/mol. The highest BCUT2D eigenvalue weighted by Crippen LogP contribution is 2.25. The third-order valence-electron chi connectivity index (χ3n) is 4.05. The second-order valence-corrected chi connectivity index (χ2v) is 5.67. The van der Waals surface area contributed by atoms with Gasteiger partial charge in [-0.1, -0.05) is 17.3 Å². The first-order valence-corrected chi connectivity index (χ1v) is 7.60. The van der Waals surface area contributed by atoms with Crippen molar-refractivity contribution in [3.63, 3.8) is 0 Å². The van der Waals surface area contributed by atoms with Crippen molar-refractivity contribution >= 4 is 16.7 Å².